The van der Waals surface area contributed by atoms with Crippen LogP contribution in [-0.4, -0.2) is 13.6 Å². The predicted molar refractivity (Wildman–Crippen MR) is 59.2 cm³/mol. The number of nitrogen functional groups attached to an aromatic ring is 1. The molecule has 72 valence electrons. The molecule has 0 bridgehead atoms. The molecule has 0 aliphatic carbocycles. The van der Waals surface area contributed by atoms with Crippen LogP contribution in [0.2, 0.25) is 0 Å². The molecule has 1 aromatic rings. The van der Waals surface area contributed by atoms with Gasteiger partial charge in [0.05, 0.1) is 11.4 Å². The van der Waals surface area contributed by atoms with Gasteiger partial charge < -0.3 is 10.6 Å². The van der Waals surface area contributed by atoms with E-state index in [1.807, 2.05) is 12.1 Å². The average molecular weight is 178 g/mol. The number of nitrogens with two attached hydrogens (primary N) is 1. The van der Waals surface area contributed by atoms with Crippen LogP contribution in [0.25, 0.3) is 0 Å². The Morgan fingerprint density at radius 3 is 2.69 bits per heavy atom. The number of benzene rings is 1. The van der Waals surface area contributed by atoms with E-state index in [1.54, 1.807) is 0 Å². The number of anilines is 2. The van der Waals surface area contributed by atoms with E-state index in [0.29, 0.717) is 0 Å². The molecule has 2 N–H and O–H groups in total. The normalized spacial score (nSPS) is 10.1. The smallest absolute Gasteiger partial charge is 0.0599 e. The lowest BCUT2D eigenvalue weighted by molar-refractivity contribution is 0.853. The minimum absolute atomic E-state index is 0.863. The van der Waals surface area contributed by atoms with E-state index in [-0.39, 0.29) is 0 Å². The molecular weight excluding hydrogens is 160 g/mol. The zero-order chi connectivity index (χ0) is 9.84. The van der Waals surface area contributed by atoms with E-state index in [2.05, 4.69) is 31.9 Å². The van der Waals surface area contributed by atoms with Gasteiger partial charge in [0, 0.05) is 13.6 Å². The molecule has 13 heavy (non-hydrogen) atoms. The molecule has 0 fully saturated rings. The van der Waals surface area contributed by atoms with Crippen molar-refractivity contribution >= 4 is 11.4 Å². The van der Waals surface area contributed by atoms with Crippen LogP contribution in [0, 0.1) is 6.92 Å². The summed E-state index contributed by atoms with van der Waals surface area (Å²) >= 11 is 0. The Morgan fingerprint density at radius 2 is 2.08 bits per heavy atom. The molecule has 0 amide bonds. The molecule has 0 aromatic heterocycles. The van der Waals surface area contributed by atoms with E-state index >= 15 is 0 Å². The minimum atomic E-state index is 0.863. The average Bonchev–Trinajstić information content (AvgIpc) is 2.09. The van der Waals surface area contributed by atoms with Crippen molar-refractivity contribution in [2.75, 3.05) is 24.2 Å². The Labute approximate surface area is 80.4 Å². The first kappa shape index (κ1) is 9.90. The highest BCUT2D eigenvalue weighted by Crippen LogP contribution is 2.23. The highest BCUT2D eigenvalue weighted by molar-refractivity contribution is 5.68. The summed E-state index contributed by atoms with van der Waals surface area (Å²) in [5, 5.41) is 0. The fourth-order valence-electron chi connectivity index (χ4n) is 1.44. The van der Waals surface area contributed by atoms with Crippen molar-refractivity contribution in [3.05, 3.63) is 23.8 Å². The highest BCUT2D eigenvalue weighted by atomic mass is 15.1. The van der Waals surface area contributed by atoms with Gasteiger partial charge in [-0.05, 0) is 31.0 Å². The van der Waals surface area contributed by atoms with Crippen molar-refractivity contribution in [2.24, 2.45) is 0 Å². The van der Waals surface area contributed by atoms with Crippen molar-refractivity contribution in [1.29, 1.82) is 0 Å². The van der Waals surface area contributed by atoms with E-state index in [4.69, 9.17) is 5.73 Å². The van der Waals surface area contributed by atoms with Gasteiger partial charge in [-0.2, -0.15) is 0 Å². The summed E-state index contributed by atoms with van der Waals surface area (Å²) < 4.78 is 0. The monoisotopic (exact) mass is 178 g/mol. The van der Waals surface area contributed by atoms with E-state index < -0.39 is 0 Å². The van der Waals surface area contributed by atoms with Gasteiger partial charge in [-0.15, -0.1) is 0 Å². The van der Waals surface area contributed by atoms with Crippen LogP contribution < -0.4 is 10.6 Å². The minimum Gasteiger partial charge on any atom is -0.397 e. The fourth-order valence-corrected chi connectivity index (χ4v) is 1.44. The molecule has 2 nitrogen and oxygen atoms in total. The largest absolute Gasteiger partial charge is 0.397 e. The van der Waals surface area contributed by atoms with Crippen molar-refractivity contribution in [1.82, 2.24) is 0 Å². The van der Waals surface area contributed by atoms with Crippen LogP contribution in [-0.2, 0) is 0 Å². The first-order chi connectivity index (χ1) is 6.15. The van der Waals surface area contributed by atoms with E-state index in [1.165, 1.54) is 5.56 Å². The maximum absolute atomic E-state index is 5.88. The third-order valence-corrected chi connectivity index (χ3v) is 2.16. The quantitative estimate of drug-likeness (QED) is 0.720. The molecule has 0 heterocycles. The van der Waals surface area contributed by atoms with Gasteiger partial charge in [0.2, 0.25) is 0 Å². The SMILES string of the molecule is CCCN(C)c1cc(C)ccc1N. The summed E-state index contributed by atoms with van der Waals surface area (Å²) in [5.41, 5.74) is 9.14. The van der Waals surface area contributed by atoms with Crippen LogP contribution in [0.3, 0.4) is 0 Å². The summed E-state index contributed by atoms with van der Waals surface area (Å²) in [6, 6.07) is 6.14. The Hall–Kier alpha value is -1.18. The van der Waals surface area contributed by atoms with Gasteiger partial charge in [-0.1, -0.05) is 13.0 Å². The molecule has 0 radical (unpaired) electrons. The van der Waals surface area contributed by atoms with Gasteiger partial charge in [0.25, 0.3) is 0 Å². The van der Waals surface area contributed by atoms with Gasteiger partial charge >= 0.3 is 0 Å². The number of rotatable bonds is 3. The fraction of sp³-hybridized carbons (Fsp3) is 0.455. The van der Waals surface area contributed by atoms with Crippen LogP contribution >= 0.6 is 0 Å². The molecule has 0 aliphatic rings. The first-order valence-electron chi connectivity index (χ1n) is 4.72. The lowest BCUT2D eigenvalue weighted by atomic mass is 10.2. The van der Waals surface area contributed by atoms with Crippen LogP contribution in [0.5, 0.6) is 0 Å². The number of nitrogens with zero attached hydrogens (tertiary/aromatic N) is 1. The molecule has 1 aromatic carbocycles. The highest BCUT2D eigenvalue weighted by Gasteiger charge is 2.03. The van der Waals surface area contributed by atoms with Crippen LogP contribution in [0.4, 0.5) is 11.4 Å². The van der Waals surface area contributed by atoms with Crippen molar-refractivity contribution in [2.45, 2.75) is 20.3 Å². The first-order valence-corrected chi connectivity index (χ1v) is 4.72. The molecule has 0 saturated heterocycles. The number of hydrogen-bond donors (Lipinski definition) is 1. The second kappa shape index (κ2) is 4.17. The van der Waals surface area contributed by atoms with E-state index in [9.17, 15) is 0 Å². The molecule has 0 spiro atoms. The van der Waals surface area contributed by atoms with Gasteiger partial charge in [-0.3, -0.25) is 0 Å². The van der Waals surface area contributed by atoms with E-state index in [0.717, 1.165) is 24.3 Å². The summed E-state index contributed by atoms with van der Waals surface area (Å²) in [4.78, 5) is 2.20. The van der Waals surface area contributed by atoms with Crippen molar-refractivity contribution in [3.8, 4) is 0 Å². The second-order valence-corrected chi connectivity index (χ2v) is 3.48. The summed E-state index contributed by atoms with van der Waals surface area (Å²) in [7, 11) is 2.08. The lowest BCUT2D eigenvalue weighted by Gasteiger charge is -2.20. The maximum atomic E-state index is 5.88. The van der Waals surface area contributed by atoms with Crippen LogP contribution in [0.15, 0.2) is 18.2 Å². The maximum Gasteiger partial charge on any atom is 0.0599 e. The third-order valence-electron chi connectivity index (χ3n) is 2.16. The second-order valence-electron chi connectivity index (χ2n) is 3.48. The van der Waals surface area contributed by atoms with Crippen LogP contribution in [0.1, 0.15) is 18.9 Å². The summed E-state index contributed by atoms with van der Waals surface area (Å²) in [6.07, 6.45) is 1.14. The summed E-state index contributed by atoms with van der Waals surface area (Å²) in [5.74, 6) is 0. The third kappa shape index (κ3) is 2.38. The van der Waals surface area contributed by atoms with Crippen molar-refractivity contribution in [3.63, 3.8) is 0 Å². The number of hydrogen-bond acceptors (Lipinski definition) is 2. The Morgan fingerprint density at radius 1 is 1.38 bits per heavy atom. The molecule has 0 saturated carbocycles. The predicted octanol–water partition coefficient (Wildman–Crippen LogP) is 2.42. The standard InChI is InChI=1S/C11H18N2/c1-4-7-13(3)11-8-9(2)5-6-10(11)12/h5-6,8H,4,7,12H2,1-3H3. The zero-order valence-corrected chi connectivity index (χ0v) is 8.67. The molecular formula is C11H18N2. The van der Waals surface area contributed by atoms with Crippen molar-refractivity contribution < 1.29 is 0 Å². The molecule has 1 rings (SSSR count). The Kier molecular flexibility index (Phi) is 3.18. The molecule has 0 atom stereocenters. The zero-order valence-electron chi connectivity index (χ0n) is 8.67. The van der Waals surface area contributed by atoms with Gasteiger partial charge in [0.15, 0.2) is 0 Å². The summed E-state index contributed by atoms with van der Waals surface area (Å²) in [6.45, 7) is 5.30. The molecule has 2 heteroatoms. The van der Waals surface area contributed by atoms with Gasteiger partial charge in [-0.25, -0.2) is 0 Å². The van der Waals surface area contributed by atoms with Gasteiger partial charge in [0.1, 0.15) is 0 Å². The lowest BCUT2D eigenvalue weighted by Crippen LogP contribution is -2.19. The topological polar surface area (TPSA) is 29.3 Å². The Bertz CT molecular complexity index is 281. The Balaban J connectivity index is 2.91. The molecule has 0 aliphatic heterocycles. The number of aryl methyl sites for hydroxylation is 1. The molecule has 0 unspecified atom stereocenters.